The standard InChI is InChI=1S/C8H14O3.Ti/c1-4-7(9)5-8(10)6(2)11-3;/h5-6,10H,4H2,1-3H3;/b8-5-;. The maximum Gasteiger partial charge on any atom is 0.158 e. The predicted octanol–water partition coefficient (Wildman–Crippen LogP) is 1.44. The molecule has 3 nitrogen and oxygen atoms in total. The van der Waals surface area contributed by atoms with Crippen LogP contribution in [0.15, 0.2) is 11.8 Å². The van der Waals surface area contributed by atoms with Gasteiger partial charge in [0.25, 0.3) is 0 Å². The van der Waals surface area contributed by atoms with E-state index < -0.39 is 6.10 Å². The van der Waals surface area contributed by atoms with Crippen LogP contribution in [0, 0.1) is 0 Å². The number of allylic oxidation sites excluding steroid dienone is 1. The van der Waals surface area contributed by atoms with E-state index in [-0.39, 0.29) is 33.3 Å². The van der Waals surface area contributed by atoms with Crippen LogP contribution in [0.1, 0.15) is 20.3 Å². The Bertz CT molecular complexity index is 166. The molecule has 0 aliphatic heterocycles. The zero-order chi connectivity index (χ0) is 8.85. The number of methoxy groups -OCH3 is 1. The first kappa shape index (κ1) is 14.4. The molecule has 0 aliphatic carbocycles. The number of aliphatic hydroxyl groups is 1. The number of hydrogen-bond donors (Lipinski definition) is 1. The summed E-state index contributed by atoms with van der Waals surface area (Å²) in [6.07, 6.45) is 1.21. The number of aliphatic hydroxyl groups excluding tert-OH is 1. The van der Waals surface area contributed by atoms with Gasteiger partial charge in [-0.25, -0.2) is 0 Å². The number of rotatable bonds is 4. The predicted molar refractivity (Wildman–Crippen MR) is 42.5 cm³/mol. The Morgan fingerprint density at radius 1 is 1.67 bits per heavy atom. The van der Waals surface area contributed by atoms with Gasteiger partial charge in [0.05, 0.1) is 0 Å². The summed E-state index contributed by atoms with van der Waals surface area (Å²) in [7, 11) is 1.48. The van der Waals surface area contributed by atoms with Gasteiger partial charge in [-0.1, -0.05) is 6.92 Å². The minimum atomic E-state index is -0.398. The van der Waals surface area contributed by atoms with Gasteiger partial charge in [0.1, 0.15) is 11.9 Å². The number of carbonyl (C=O) groups excluding carboxylic acids is 1. The first-order valence-electron chi connectivity index (χ1n) is 3.58. The average molecular weight is 206 g/mol. The van der Waals surface area contributed by atoms with Crippen LogP contribution in [0.25, 0.3) is 0 Å². The molecule has 0 fully saturated rings. The Balaban J connectivity index is 0. The Morgan fingerprint density at radius 3 is 2.50 bits per heavy atom. The molecule has 0 spiro atoms. The molecule has 1 unspecified atom stereocenters. The normalized spacial score (nSPS) is 13.4. The van der Waals surface area contributed by atoms with Crippen molar-refractivity contribution in [3.05, 3.63) is 11.8 Å². The van der Waals surface area contributed by atoms with E-state index in [1.54, 1.807) is 13.8 Å². The Labute approximate surface area is 87.7 Å². The topological polar surface area (TPSA) is 46.5 Å². The van der Waals surface area contributed by atoms with Crippen LogP contribution in [0.2, 0.25) is 0 Å². The van der Waals surface area contributed by atoms with Gasteiger partial charge in [-0.05, 0) is 6.92 Å². The third-order valence-corrected chi connectivity index (χ3v) is 1.43. The van der Waals surface area contributed by atoms with Gasteiger partial charge in [0.2, 0.25) is 0 Å². The van der Waals surface area contributed by atoms with Crippen molar-refractivity contribution in [3.8, 4) is 0 Å². The average Bonchev–Trinajstić information content (AvgIpc) is 2.02. The summed E-state index contributed by atoms with van der Waals surface area (Å²) in [5.74, 6) is -0.106. The molecule has 1 atom stereocenters. The van der Waals surface area contributed by atoms with E-state index in [0.717, 1.165) is 0 Å². The molecule has 1 N–H and O–H groups in total. The molecule has 0 saturated heterocycles. The van der Waals surface area contributed by atoms with Crippen LogP contribution in [0.3, 0.4) is 0 Å². The number of ketones is 1. The van der Waals surface area contributed by atoms with E-state index in [1.165, 1.54) is 13.2 Å². The van der Waals surface area contributed by atoms with E-state index in [2.05, 4.69) is 0 Å². The minimum Gasteiger partial charge on any atom is -0.509 e. The van der Waals surface area contributed by atoms with Crippen LogP contribution in [0.5, 0.6) is 0 Å². The van der Waals surface area contributed by atoms with E-state index in [1.807, 2.05) is 0 Å². The molecule has 0 radical (unpaired) electrons. The monoisotopic (exact) mass is 206 g/mol. The van der Waals surface area contributed by atoms with Gasteiger partial charge < -0.3 is 9.84 Å². The molecular formula is C8H14O3Ti. The minimum absolute atomic E-state index is 0. The summed E-state index contributed by atoms with van der Waals surface area (Å²) in [5.41, 5.74) is 0. The Hall–Kier alpha value is -0.116. The first-order chi connectivity index (χ1) is 5.11. The largest absolute Gasteiger partial charge is 0.509 e. The van der Waals surface area contributed by atoms with Gasteiger partial charge in [0.15, 0.2) is 5.78 Å². The number of carbonyl (C=O) groups is 1. The second kappa shape index (κ2) is 7.53. The molecule has 0 bridgehead atoms. The van der Waals surface area contributed by atoms with E-state index >= 15 is 0 Å². The van der Waals surface area contributed by atoms with E-state index in [9.17, 15) is 4.79 Å². The zero-order valence-electron chi connectivity index (χ0n) is 7.63. The third kappa shape index (κ3) is 5.52. The molecule has 0 aromatic heterocycles. The van der Waals surface area contributed by atoms with Crippen molar-refractivity contribution in [1.29, 1.82) is 0 Å². The molecule has 0 rings (SSSR count). The molecule has 0 heterocycles. The molecule has 0 aromatic rings. The maximum absolute atomic E-state index is 10.8. The van der Waals surface area contributed by atoms with Crippen molar-refractivity contribution >= 4 is 5.78 Å². The fourth-order valence-corrected chi connectivity index (χ4v) is 0.505. The fraction of sp³-hybridized carbons (Fsp3) is 0.625. The summed E-state index contributed by atoms with van der Waals surface area (Å²) < 4.78 is 4.79. The SMILES string of the molecule is CCC(=O)/C=C(\O)C(C)OC.[Ti]. The van der Waals surface area contributed by atoms with E-state index in [0.29, 0.717) is 6.42 Å². The zero-order valence-corrected chi connectivity index (χ0v) is 9.19. The summed E-state index contributed by atoms with van der Waals surface area (Å²) in [5, 5.41) is 9.13. The van der Waals surface area contributed by atoms with Gasteiger partial charge >= 0.3 is 0 Å². The number of hydrogen-bond acceptors (Lipinski definition) is 3. The van der Waals surface area contributed by atoms with Crippen molar-refractivity contribution in [2.75, 3.05) is 7.11 Å². The van der Waals surface area contributed by atoms with Crippen molar-refractivity contribution in [2.45, 2.75) is 26.4 Å². The van der Waals surface area contributed by atoms with Crippen LogP contribution < -0.4 is 0 Å². The molecule has 68 valence electrons. The van der Waals surface area contributed by atoms with Crippen LogP contribution in [-0.2, 0) is 31.2 Å². The van der Waals surface area contributed by atoms with Crippen molar-refractivity contribution < 1.29 is 36.4 Å². The van der Waals surface area contributed by atoms with Gasteiger partial charge in [-0.3, -0.25) is 4.79 Å². The molecule has 4 heteroatoms. The van der Waals surface area contributed by atoms with Crippen molar-refractivity contribution in [1.82, 2.24) is 0 Å². The third-order valence-electron chi connectivity index (χ3n) is 1.43. The summed E-state index contributed by atoms with van der Waals surface area (Å²) in [4.78, 5) is 10.8. The smallest absolute Gasteiger partial charge is 0.158 e. The van der Waals surface area contributed by atoms with E-state index in [4.69, 9.17) is 9.84 Å². The quantitative estimate of drug-likeness (QED) is 0.430. The van der Waals surface area contributed by atoms with Crippen molar-refractivity contribution in [2.24, 2.45) is 0 Å². The van der Waals surface area contributed by atoms with Gasteiger partial charge in [0, 0.05) is 41.3 Å². The summed E-state index contributed by atoms with van der Waals surface area (Å²) in [6, 6.07) is 0. The summed E-state index contributed by atoms with van der Waals surface area (Å²) in [6.45, 7) is 3.42. The summed E-state index contributed by atoms with van der Waals surface area (Å²) >= 11 is 0. The molecule has 0 aromatic carbocycles. The Kier molecular flexibility index (Phi) is 9.04. The van der Waals surface area contributed by atoms with Gasteiger partial charge in [-0.15, -0.1) is 0 Å². The van der Waals surface area contributed by atoms with Crippen LogP contribution in [-0.4, -0.2) is 24.1 Å². The molecule has 0 aliphatic rings. The second-order valence-corrected chi connectivity index (χ2v) is 2.27. The van der Waals surface area contributed by atoms with Crippen LogP contribution in [0.4, 0.5) is 0 Å². The Morgan fingerprint density at radius 2 is 2.17 bits per heavy atom. The van der Waals surface area contributed by atoms with Crippen molar-refractivity contribution in [3.63, 3.8) is 0 Å². The van der Waals surface area contributed by atoms with Gasteiger partial charge in [-0.2, -0.15) is 0 Å². The fourth-order valence-electron chi connectivity index (χ4n) is 0.505. The first-order valence-corrected chi connectivity index (χ1v) is 3.58. The maximum atomic E-state index is 10.8. The molecule has 0 amide bonds. The molecular weight excluding hydrogens is 192 g/mol. The van der Waals surface area contributed by atoms with Crippen LogP contribution >= 0.6 is 0 Å². The molecule has 12 heavy (non-hydrogen) atoms. The second-order valence-electron chi connectivity index (χ2n) is 2.27. The number of ether oxygens (including phenoxy) is 1. The molecule has 0 saturated carbocycles.